The summed E-state index contributed by atoms with van der Waals surface area (Å²) in [6.07, 6.45) is 1.36. The fourth-order valence-corrected chi connectivity index (χ4v) is 2.46. The van der Waals surface area contributed by atoms with Gasteiger partial charge in [-0.1, -0.05) is 47.8 Å². The van der Waals surface area contributed by atoms with Crippen LogP contribution in [0.15, 0.2) is 12.1 Å². The lowest BCUT2D eigenvalue weighted by molar-refractivity contribution is 0.448. The summed E-state index contributed by atoms with van der Waals surface area (Å²) in [4.78, 5) is 0. The molecular weight excluding hydrogens is 291 g/mol. The molecule has 0 bridgehead atoms. The van der Waals surface area contributed by atoms with Crippen molar-refractivity contribution in [2.24, 2.45) is 0 Å². The highest BCUT2D eigenvalue weighted by Gasteiger charge is 2.16. The van der Waals surface area contributed by atoms with Crippen molar-refractivity contribution < 1.29 is 0 Å². The number of nitrogens with one attached hydrogen (secondary N) is 1. The molecule has 0 aromatic heterocycles. The molecule has 0 aliphatic carbocycles. The molecule has 0 radical (unpaired) electrons. The number of nitriles is 1. The van der Waals surface area contributed by atoms with Crippen LogP contribution in [-0.2, 0) is 0 Å². The third-order valence-electron chi connectivity index (χ3n) is 2.85. The van der Waals surface area contributed by atoms with Gasteiger partial charge in [0.2, 0.25) is 0 Å². The van der Waals surface area contributed by atoms with Crippen molar-refractivity contribution >= 4 is 34.8 Å². The Labute approximate surface area is 123 Å². The first-order valence-corrected chi connectivity index (χ1v) is 6.91. The molecule has 98 valence electrons. The van der Waals surface area contributed by atoms with Gasteiger partial charge < -0.3 is 5.32 Å². The second kappa shape index (κ2) is 7.21. The van der Waals surface area contributed by atoms with Crippen LogP contribution in [-0.4, -0.2) is 6.04 Å². The van der Waals surface area contributed by atoms with Gasteiger partial charge in [0.05, 0.1) is 27.6 Å². The second-order valence-corrected chi connectivity index (χ2v) is 5.28. The average molecular weight is 306 g/mol. The van der Waals surface area contributed by atoms with E-state index in [1.54, 1.807) is 6.07 Å². The molecule has 0 spiro atoms. The van der Waals surface area contributed by atoms with E-state index < -0.39 is 0 Å². The molecule has 2 nitrogen and oxygen atoms in total. The predicted octanol–water partition coefficient (Wildman–Crippen LogP) is 4.99. The van der Waals surface area contributed by atoms with E-state index in [2.05, 4.69) is 11.4 Å². The van der Waals surface area contributed by atoms with Gasteiger partial charge in [-0.3, -0.25) is 0 Å². The van der Waals surface area contributed by atoms with E-state index in [1.165, 1.54) is 0 Å². The first kappa shape index (κ1) is 15.6. The van der Waals surface area contributed by atoms with Crippen molar-refractivity contribution in [1.82, 2.24) is 5.32 Å². The smallest absolute Gasteiger partial charge is 0.0781 e. The molecule has 18 heavy (non-hydrogen) atoms. The summed E-state index contributed by atoms with van der Waals surface area (Å²) in [5.41, 5.74) is 0.891. The summed E-state index contributed by atoms with van der Waals surface area (Å²) in [6, 6.07) is 5.92. The molecule has 5 heteroatoms. The van der Waals surface area contributed by atoms with Crippen molar-refractivity contribution in [2.45, 2.75) is 38.8 Å². The zero-order chi connectivity index (χ0) is 13.7. The third-order valence-corrected chi connectivity index (χ3v) is 4.16. The first-order valence-electron chi connectivity index (χ1n) is 5.77. The largest absolute Gasteiger partial charge is 0.306 e. The van der Waals surface area contributed by atoms with E-state index in [-0.39, 0.29) is 12.1 Å². The van der Waals surface area contributed by atoms with Crippen LogP contribution >= 0.6 is 34.8 Å². The zero-order valence-electron chi connectivity index (χ0n) is 10.3. The Morgan fingerprint density at radius 1 is 1.28 bits per heavy atom. The van der Waals surface area contributed by atoms with Gasteiger partial charge in [0, 0.05) is 12.1 Å². The third kappa shape index (κ3) is 3.76. The van der Waals surface area contributed by atoms with Crippen LogP contribution in [0.3, 0.4) is 0 Å². The summed E-state index contributed by atoms with van der Waals surface area (Å²) in [7, 11) is 0. The van der Waals surface area contributed by atoms with Crippen molar-refractivity contribution in [2.75, 3.05) is 0 Å². The SMILES string of the molecule is CCC(CC#N)NC(C)c1ccc(Cl)c(Cl)c1Cl. The van der Waals surface area contributed by atoms with Gasteiger partial charge in [-0.15, -0.1) is 0 Å². The molecule has 2 atom stereocenters. The molecule has 0 fully saturated rings. The first-order chi connectivity index (χ1) is 8.51. The van der Waals surface area contributed by atoms with Gasteiger partial charge in [-0.05, 0) is 25.0 Å². The fourth-order valence-electron chi connectivity index (χ4n) is 1.75. The van der Waals surface area contributed by atoms with Crippen molar-refractivity contribution in [3.8, 4) is 6.07 Å². The standard InChI is InChI=1S/C13H15Cl3N2/c1-3-9(6-7-17)18-8(2)10-4-5-11(14)13(16)12(10)15/h4-5,8-9,18H,3,6H2,1-2H3. The lowest BCUT2D eigenvalue weighted by Crippen LogP contribution is -2.30. The molecule has 0 heterocycles. The number of benzene rings is 1. The van der Waals surface area contributed by atoms with Crippen molar-refractivity contribution in [1.29, 1.82) is 5.26 Å². The van der Waals surface area contributed by atoms with Crippen LogP contribution < -0.4 is 5.32 Å². The van der Waals surface area contributed by atoms with E-state index in [0.29, 0.717) is 21.5 Å². The predicted molar refractivity (Wildman–Crippen MR) is 77.3 cm³/mol. The van der Waals surface area contributed by atoms with Crippen LogP contribution in [0.4, 0.5) is 0 Å². The summed E-state index contributed by atoms with van der Waals surface area (Å²) in [5.74, 6) is 0. The van der Waals surface area contributed by atoms with E-state index in [9.17, 15) is 0 Å². The van der Waals surface area contributed by atoms with Gasteiger partial charge in [0.25, 0.3) is 0 Å². The molecule has 0 saturated carbocycles. The summed E-state index contributed by atoms with van der Waals surface area (Å²) in [6.45, 7) is 4.03. The second-order valence-electron chi connectivity index (χ2n) is 4.12. The van der Waals surface area contributed by atoms with E-state index in [0.717, 1.165) is 12.0 Å². The van der Waals surface area contributed by atoms with Crippen LogP contribution in [0, 0.1) is 11.3 Å². The Bertz CT molecular complexity index is 454. The monoisotopic (exact) mass is 304 g/mol. The maximum atomic E-state index is 8.73. The molecule has 0 aliphatic rings. The number of rotatable bonds is 5. The lowest BCUT2D eigenvalue weighted by Gasteiger charge is -2.22. The number of hydrogen-bond acceptors (Lipinski definition) is 2. The molecule has 0 aliphatic heterocycles. The molecule has 0 saturated heterocycles. The maximum Gasteiger partial charge on any atom is 0.0781 e. The molecule has 1 rings (SSSR count). The molecule has 1 N–H and O–H groups in total. The van der Waals surface area contributed by atoms with Gasteiger partial charge in [-0.2, -0.15) is 5.26 Å². The van der Waals surface area contributed by atoms with Gasteiger partial charge in [0.15, 0.2) is 0 Å². The van der Waals surface area contributed by atoms with Crippen LogP contribution in [0.25, 0.3) is 0 Å². The highest BCUT2D eigenvalue weighted by Crippen LogP contribution is 2.35. The van der Waals surface area contributed by atoms with Crippen LogP contribution in [0.1, 0.15) is 38.3 Å². The Hall–Kier alpha value is -0.460. The zero-order valence-corrected chi connectivity index (χ0v) is 12.6. The quantitative estimate of drug-likeness (QED) is 0.778. The Balaban J connectivity index is 2.88. The molecule has 0 amide bonds. The molecular formula is C13H15Cl3N2. The highest BCUT2D eigenvalue weighted by molar-refractivity contribution is 6.48. The number of nitrogens with zero attached hydrogens (tertiary/aromatic N) is 1. The minimum absolute atomic E-state index is 0.0190. The molecule has 1 aromatic carbocycles. The number of hydrogen-bond donors (Lipinski definition) is 1. The summed E-state index contributed by atoms with van der Waals surface area (Å²) >= 11 is 18.1. The van der Waals surface area contributed by atoms with Gasteiger partial charge >= 0.3 is 0 Å². The van der Waals surface area contributed by atoms with Crippen LogP contribution in [0.5, 0.6) is 0 Å². The normalized spacial score (nSPS) is 14.0. The van der Waals surface area contributed by atoms with Gasteiger partial charge in [-0.25, -0.2) is 0 Å². The van der Waals surface area contributed by atoms with Crippen LogP contribution in [0.2, 0.25) is 15.1 Å². The summed E-state index contributed by atoms with van der Waals surface area (Å²) in [5, 5.41) is 13.4. The highest BCUT2D eigenvalue weighted by atomic mass is 35.5. The summed E-state index contributed by atoms with van der Waals surface area (Å²) < 4.78 is 0. The van der Waals surface area contributed by atoms with E-state index in [1.807, 2.05) is 19.9 Å². The topological polar surface area (TPSA) is 35.8 Å². The van der Waals surface area contributed by atoms with Crippen molar-refractivity contribution in [3.05, 3.63) is 32.8 Å². The lowest BCUT2D eigenvalue weighted by atomic mass is 10.1. The minimum Gasteiger partial charge on any atom is -0.306 e. The maximum absolute atomic E-state index is 8.73. The van der Waals surface area contributed by atoms with Crippen molar-refractivity contribution in [3.63, 3.8) is 0 Å². The minimum atomic E-state index is 0.0190. The van der Waals surface area contributed by atoms with E-state index in [4.69, 9.17) is 40.1 Å². The molecule has 1 aromatic rings. The fraction of sp³-hybridized carbons (Fsp3) is 0.462. The number of halogens is 3. The van der Waals surface area contributed by atoms with Gasteiger partial charge in [0.1, 0.15) is 0 Å². The average Bonchev–Trinajstić information content (AvgIpc) is 2.35. The molecule has 2 unspecified atom stereocenters. The Morgan fingerprint density at radius 2 is 1.94 bits per heavy atom. The Morgan fingerprint density at radius 3 is 2.50 bits per heavy atom. The Kier molecular flexibility index (Phi) is 6.25. The van der Waals surface area contributed by atoms with E-state index >= 15 is 0 Å².